The zero-order valence-corrected chi connectivity index (χ0v) is 27.3. The Balaban J connectivity index is 1.56. The number of nitrogens with zero attached hydrogens (tertiary/aromatic N) is 4. The summed E-state index contributed by atoms with van der Waals surface area (Å²) in [5.41, 5.74) is 1.37. The van der Waals surface area contributed by atoms with Gasteiger partial charge in [-0.05, 0) is 98.6 Å². The second-order valence-corrected chi connectivity index (χ2v) is 12.9. The van der Waals surface area contributed by atoms with E-state index in [1.807, 2.05) is 18.7 Å². The monoisotopic (exact) mass is 669 g/mol. The van der Waals surface area contributed by atoms with E-state index in [0.29, 0.717) is 46.2 Å². The second-order valence-electron chi connectivity index (χ2n) is 12.9. The van der Waals surface area contributed by atoms with Gasteiger partial charge < -0.3 is 19.9 Å². The predicted molar refractivity (Wildman–Crippen MR) is 172 cm³/mol. The van der Waals surface area contributed by atoms with Gasteiger partial charge in [0.15, 0.2) is 0 Å². The van der Waals surface area contributed by atoms with Crippen LogP contribution in [0.1, 0.15) is 73.0 Å². The molecule has 4 aromatic rings. The van der Waals surface area contributed by atoms with Crippen LogP contribution in [0.5, 0.6) is 0 Å². The predicted octanol–water partition coefficient (Wildman–Crippen LogP) is 6.11. The van der Waals surface area contributed by atoms with Gasteiger partial charge in [-0.1, -0.05) is 13.8 Å². The highest BCUT2D eigenvalue weighted by atomic mass is 19.4. The molecule has 9 nitrogen and oxygen atoms in total. The third-order valence-electron chi connectivity index (χ3n) is 8.83. The van der Waals surface area contributed by atoms with Crippen molar-refractivity contribution >= 4 is 17.5 Å². The fourth-order valence-corrected chi connectivity index (χ4v) is 6.42. The summed E-state index contributed by atoms with van der Waals surface area (Å²) in [6.45, 7) is 9.12. The van der Waals surface area contributed by atoms with E-state index >= 15 is 0 Å². The van der Waals surface area contributed by atoms with Gasteiger partial charge in [-0.15, -0.1) is 0 Å². The molecule has 4 heterocycles. The number of benzene rings is 1. The fraction of sp³-hybridized carbons (Fsp3) is 0.429. The Kier molecular flexibility index (Phi) is 10.1. The number of carboxylic acid groups (broad SMARTS) is 1. The molecule has 1 saturated heterocycles. The summed E-state index contributed by atoms with van der Waals surface area (Å²) < 4.78 is 59.1. The summed E-state index contributed by atoms with van der Waals surface area (Å²) in [6, 6.07) is 4.38. The minimum absolute atomic E-state index is 0.0438. The summed E-state index contributed by atoms with van der Waals surface area (Å²) >= 11 is 0. The van der Waals surface area contributed by atoms with Crippen LogP contribution in [0.2, 0.25) is 0 Å². The van der Waals surface area contributed by atoms with E-state index < -0.39 is 53.5 Å². The number of amides is 1. The number of hydrogen-bond acceptors (Lipinski definition) is 5. The average molecular weight is 670 g/mol. The van der Waals surface area contributed by atoms with Crippen LogP contribution in [0.25, 0.3) is 16.9 Å². The lowest BCUT2D eigenvalue weighted by molar-refractivity contribution is -0.139. The van der Waals surface area contributed by atoms with Gasteiger partial charge in [0.25, 0.3) is 5.56 Å². The first-order valence-electron chi connectivity index (χ1n) is 15.9. The van der Waals surface area contributed by atoms with E-state index in [4.69, 9.17) is 0 Å². The zero-order valence-electron chi connectivity index (χ0n) is 27.3. The first kappa shape index (κ1) is 34.8. The molecule has 13 heteroatoms. The Morgan fingerprint density at radius 1 is 1.06 bits per heavy atom. The third-order valence-corrected chi connectivity index (χ3v) is 8.83. The maximum absolute atomic E-state index is 14.2. The number of carbonyl (C=O) groups is 2. The van der Waals surface area contributed by atoms with Crippen molar-refractivity contribution in [2.24, 2.45) is 5.92 Å². The Hall–Kier alpha value is -4.52. The zero-order chi connectivity index (χ0) is 34.9. The van der Waals surface area contributed by atoms with Crippen molar-refractivity contribution in [2.45, 2.75) is 71.6 Å². The van der Waals surface area contributed by atoms with Crippen molar-refractivity contribution in [3.63, 3.8) is 0 Å². The molecule has 0 aliphatic carbocycles. The second kappa shape index (κ2) is 13.9. The summed E-state index contributed by atoms with van der Waals surface area (Å²) in [7, 11) is 0. The Morgan fingerprint density at radius 3 is 2.33 bits per heavy atom. The lowest BCUT2D eigenvalue weighted by atomic mass is 9.95. The highest BCUT2D eigenvalue weighted by Gasteiger charge is 2.36. The molecule has 5 rings (SSSR count). The number of fused-ring (bicyclic) bond motifs is 1. The molecule has 1 aliphatic rings. The van der Waals surface area contributed by atoms with Gasteiger partial charge in [0.05, 0.1) is 23.7 Å². The molecule has 1 amide bonds. The standard InChI is InChI=1S/C35H39F4N5O4/c1-20(2)12-29(44-19-23(6-10-42-8-5-9-42)26(17-31(44)45)35(37,38)39)34(48)41-27(18-32(46)47)24-15-28(43-11-7-40-30(43)16-24)33-21(3)13-25(36)14-22(33)4/h7,11,13-17,19-20,27,29H,5-6,8-10,12,18H2,1-4H3,(H,41,48)(H,46,47)/t27-,29+/m1/s1. The summed E-state index contributed by atoms with van der Waals surface area (Å²) in [5, 5.41) is 12.7. The number of likely N-dealkylation sites (tertiary alicyclic amines) is 1. The number of halogens is 4. The van der Waals surface area contributed by atoms with E-state index in [1.54, 1.807) is 42.8 Å². The van der Waals surface area contributed by atoms with E-state index in [2.05, 4.69) is 10.3 Å². The van der Waals surface area contributed by atoms with Crippen LogP contribution < -0.4 is 10.9 Å². The molecule has 256 valence electrons. The van der Waals surface area contributed by atoms with Gasteiger partial charge in [-0.3, -0.25) is 18.8 Å². The number of pyridine rings is 2. The fourth-order valence-electron chi connectivity index (χ4n) is 6.42. The van der Waals surface area contributed by atoms with Crippen molar-refractivity contribution in [3.8, 4) is 11.3 Å². The number of alkyl halides is 3. The lowest BCUT2D eigenvalue weighted by Gasteiger charge is -2.31. The number of aryl methyl sites for hydroxylation is 2. The molecule has 1 fully saturated rings. The Labute approximate surface area is 275 Å². The molecule has 48 heavy (non-hydrogen) atoms. The Morgan fingerprint density at radius 2 is 1.75 bits per heavy atom. The number of aromatic nitrogens is 3. The largest absolute Gasteiger partial charge is 0.481 e. The van der Waals surface area contributed by atoms with Crippen molar-refractivity contribution in [2.75, 3.05) is 19.6 Å². The lowest BCUT2D eigenvalue weighted by Crippen LogP contribution is -2.41. The highest BCUT2D eigenvalue weighted by Crippen LogP contribution is 2.34. The van der Waals surface area contributed by atoms with Gasteiger partial charge in [0.1, 0.15) is 17.5 Å². The number of carbonyl (C=O) groups excluding carboxylic acids is 1. The number of rotatable bonds is 12. The van der Waals surface area contributed by atoms with Crippen molar-refractivity contribution in [1.29, 1.82) is 0 Å². The summed E-state index contributed by atoms with van der Waals surface area (Å²) in [6.07, 6.45) is 0.267. The number of imidazole rings is 1. The maximum Gasteiger partial charge on any atom is 0.416 e. The third kappa shape index (κ3) is 7.61. The SMILES string of the molecule is Cc1cc(F)cc(C)c1-c1cc([C@@H](CC(=O)O)NC(=O)[C@H](CC(C)C)n2cc(CCN3CCC3)c(C(F)(F)F)cc2=O)cc2nccn12. The van der Waals surface area contributed by atoms with Gasteiger partial charge in [-0.25, -0.2) is 9.37 Å². The van der Waals surface area contributed by atoms with Gasteiger partial charge >= 0.3 is 12.1 Å². The quantitative estimate of drug-likeness (QED) is 0.177. The minimum atomic E-state index is -4.75. The van der Waals surface area contributed by atoms with Crippen LogP contribution in [0.15, 0.2) is 53.7 Å². The van der Waals surface area contributed by atoms with Gasteiger partial charge in [0, 0.05) is 36.8 Å². The van der Waals surface area contributed by atoms with E-state index in [-0.39, 0.29) is 24.3 Å². The maximum atomic E-state index is 14.2. The topological polar surface area (TPSA) is 109 Å². The molecule has 1 aliphatic heterocycles. The first-order chi connectivity index (χ1) is 22.6. The Bertz CT molecular complexity index is 1870. The first-order valence-corrected chi connectivity index (χ1v) is 15.9. The number of nitrogens with one attached hydrogen (secondary N) is 1. The number of carboxylic acids is 1. The van der Waals surface area contributed by atoms with Crippen LogP contribution >= 0.6 is 0 Å². The van der Waals surface area contributed by atoms with Gasteiger partial charge in [-0.2, -0.15) is 13.2 Å². The van der Waals surface area contributed by atoms with Crippen molar-refractivity contribution in [1.82, 2.24) is 24.2 Å². The molecule has 2 N–H and O–H groups in total. The van der Waals surface area contributed by atoms with E-state index in [9.17, 15) is 37.1 Å². The van der Waals surface area contributed by atoms with Crippen LogP contribution in [0.3, 0.4) is 0 Å². The van der Waals surface area contributed by atoms with Crippen molar-refractivity contribution in [3.05, 3.63) is 92.9 Å². The smallest absolute Gasteiger partial charge is 0.416 e. The molecule has 3 aromatic heterocycles. The van der Waals surface area contributed by atoms with E-state index in [1.165, 1.54) is 12.1 Å². The molecule has 0 spiro atoms. The molecule has 0 saturated carbocycles. The molecule has 2 atom stereocenters. The molecule has 0 bridgehead atoms. The highest BCUT2D eigenvalue weighted by molar-refractivity contribution is 5.82. The normalized spacial score (nSPS) is 15.0. The molecular formula is C35H39F4N5O4. The molecule has 0 radical (unpaired) electrons. The van der Waals surface area contributed by atoms with Crippen molar-refractivity contribution < 1.29 is 32.3 Å². The summed E-state index contributed by atoms with van der Waals surface area (Å²) in [4.78, 5) is 45.8. The summed E-state index contributed by atoms with van der Waals surface area (Å²) in [5.74, 6) is -2.46. The van der Waals surface area contributed by atoms with Crippen LogP contribution in [0, 0.1) is 25.6 Å². The van der Waals surface area contributed by atoms with E-state index in [0.717, 1.165) is 30.3 Å². The average Bonchev–Trinajstić information content (AvgIpc) is 3.43. The minimum Gasteiger partial charge on any atom is -0.481 e. The van der Waals surface area contributed by atoms with Gasteiger partial charge in [0.2, 0.25) is 5.91 Å². The van der Waals surface area contributed by atoms with Crippen LogP contribution in [-0.4, -0.2) is 55.5 Å². The van der Waals surface area contributed by atoms with Crippen LogP contribution in [-0.2, 0) is 22.2 Å². The molecule has 1 aromatic carbocycles. The number of hydrogen-bond donors (Lipinski definition) is 2. The number of aliphatic carboxylic acids is 1. The van der Waals surface area contributed by atoms with Crippen LogP contribution in [0.4, 0.5) is 17.6 Å². The molecular weight excluding hydrogens is 630 g/mol. The molecule has 0 unspecified atom stereocenters.